The van der Waals surface area contributed by atoms with Crippen LogP contribution in [-0.4, -0.2) is 15.9 Å². The van der Waals surface area contributed by atoms with Gasteiger partial charge in [0.05, 0.1) is 0 Å². The Morgan fingerprint density at radius 2 is 2.10 bits per heavy atom. The average molecular weight is 277 g/mol. The highest BCUT2D eigenvalue weighted by atomic mass is 16.1. The normalized spacial score (nSPS) is 11.8. The summed E-state index contributed by atoms with van der Waals surface area (Å²) in [5.74, 6) is -0.456. The molecule has 3 N–H and O–H groups in total. The van der Waals surface area contributed by atoms with Crippen molar-refractivity contribution in [2.24, 2.45) is 5.73 Å². The Kier molecular flexibility index (Phi) is 3.28. The lowest BCUT2D eigenvalue weighted by molar-refractivity contribution is -0.112. The quantitative estimate of drug-likeness (QED) is 0.722. The largest absolute Gasteiger partial charge is 0.366 e. The van der Waals surface area contributed by atoms with Gasteiger partial charge in [0.25, 0.3) is 0 Å². The molecule has 0 bridgehead atoms. The average Bonchev–Trinajstić information content (AvgIpc) is 2.90. The van der Waals surface area contributed by atoms with Gasteiger partial charge in [-0.2, -0.15) is 0 Å². The first-order valence-electron chi connectivity index (χ1n) is 6.65. The van der Waals surface area contributed by atoms with Crippen LogP contribution in [0.25, 0.3) is 22.6 Å². The number of pyridine rings is 1. The fourth-order valence-corrected chi connectivity index (χ4v) is 2.36. The lowest BCUT2D eigenvalue weighted by Gasteiger charge is -2.04. The summed E-state index contributed by atoms with van der Waals surface area (Å²) in [7, 11) is 0. The van der Waals surface area contributed by atoms with Gasteiger partial charge < -0.3 is 10.7 Å². The molecule has 4 nitrogen and oxygen atoms in total. The Hall–Kier alpha value is -2.88. The Morgan fingerprint density at radius 3 is 2.86 bits per heavy atom. The molecule has 1 aromatic carbocycles. The summed E-state index contributed by atoms with van der Waals surface area (Å²) in [5.41, 5.74) is 9.76. The molecule has 21 heavy (non-hydrogen) atoms. The molecule has 0 fully saturated rings. The number of nitrogens with two attached hydrogens (primary N) is 1. The van der Waals surface area contributed by atoms with Crippen LogP contribution in [0.3, 0.4) is 0 Å². The summed E-state index contributed by atoms with van der Waals surface area (Å²) in [5, 5.41) is 0.976. The minimum absolute atomic E-state index is 0.456. The number of fused-ring (bicyclic) bond motifs is 1. The Labute approximate surface area is 122 Å². The SMILES string of the molecule is Cc1ccncc1/C=C(/C(N)=O)c1c[nH]c2ccccc12. The van der Waals surface area contributed by atoms with Crippen LogP contribution in [0.2, 0.25) is 0 Å². The van der Waals surface area contributed by atoms with Gasteiger partial charge in [0, 0.05) is 40.6 Å². The summed E-state index contributed by atoms with van der Waals surface area (Å²) in [4.78, 5) is 19.1. The standard InChI is InChI=1S/C17H15N3O/c1-11-6-7-19-9-12(11)8-14(17(18)21)15-10-20-16-5-3-2-4-13(15)16/h2-10,20H,1H3,(H2,18,21)/b14-8+. The number of nitrogens with one attached hydrogen (secondary N) is 1. The van der Waals surface area contributed by atoms with E-state index in [1.165, 1.54) is 0 Å². The van der Waals surface area contributed by atoms with E-state index in [0.29, 0.717) is 5.57 Å². The van der Waals surface area contributed by atoms with Crippen molar-refractivity contribution in [3.8, 4) is 0 Å². The van der Waals surface area contributed by atoms with E-state index in [9.17, 15) is 4.79 Å². The van der Waals surface area contributed by atoms with E-state index in [0.717, 1.165) is 27.6 Å². The third kappa shape index (κ3) is 2.43. The number of rotatable bonds is 3. The predicted octanol–water partition coefficient (Wildman–Crippen LogP) is 2.90. The van der Waals surface area contributed by atoms with E-state index in [4.69, 9.17) is 5.73 Å². The van der Waals surface area contributed by atoms with E-state index < -0.39 is 5.91 Å². The molecule has 3 aromatic rings. The third-order valence-electron chi connectivity index (χ3n) is 3.52. The first-order chi connectivity index (χ1) is 10.2. The van der Waals surface area contributed by atoms with Crippen LogP contribution >= 0.6 is 0 Å². The number of hydrogen-bond acceptors (Lipinski definition) is 2. The lowest BCUT2D eigenvalue weighted by atomic mass is 10.0. The van der Waals surface area contributed by atoms with Gasteiger partial charge in [-0.3, -0.25) is 9.78 Å². The molecule has 1 amide bonds. The highest BCUT2D eigenvalue weighted by molar-refractivity contribution is 6.26. The van der Waals surface area contributed by atoms with Crippen molar-refractivity contribution >= 4 is 28.5 Å². The van der Waals surface area contributed by atoms with Crippen LogP contribution in [-0.2, 0) is 4.79 Å². The summed E-state index contributed by atoms with van der Waals surface area (Å²) in [6, 6.07) is 9.72. The van der Waals surface area contributed by atoms with Gasteiger partial charge in [-0.15, -0.1) is 0 Å². The minimum atomic E-state index is -0.456. The third-order valence-corrected chi connectivity index (χ3v) is 3.52. The zero-order valence-corrected chi connectivity index (χ0v) is 11.6. The zero-order chi connectivity index (χ0) is 14.8. The molecular formula is C17H15N3O. The van der Waals surface area contributed by atoms with Gasteiger partial charge in [0.1, 0.15) is 0 Å². The van der Waals surface area contributed by atoms with Gasteiger partial charge in [-0.1, -0.05) is 18.2 Å². The molecule has 104 valence electrons. The number of carbonyl (C=O) groups is 1. The van der Waals surface area contributed by atoms with Crippen LogP contribution in [0.15, 0.2) is 48.9 Å². The molecule has 0 saturated heterocycles. The van der Waals surface area contributed by atoms with Crippen LogP contribution in [0.1, 0.15) is 16.7 Å². The molecule has 0 saturated carbocycles. The Morgan fingerprint density at radius 1 is 1.29 bits per heavy atom. The Balaban J connectivity index is 2.19. The molecule has 0 aliphatic heterocycles. The number of hydrogen-bond donors (Lipinski definition) is 2. The molecule has 2 heterocycles. The molecule has 4 heteroatoms. The molecule has 3 rings (SSSR count). The second-order valence-corrected chi connectivity index (χ2v) is 4.90. The van der Waals surface area contributed by atoms with Gasteiger partial charge >= 0.3 is 0 Å². The van der Waals surface area contributed by atoms with Crippen molar-refractivity contribution < 1.29 is 4.79 Å². The highest BCUT2D eigenvalue weighted by Crippen LogP contribution is 2.26. The minimum Gasteiger partial charge on any atom is -0.366 e. The number of aryl methyl sites for hydroxylation is 1. The second kappa shape index (κ2) is 5.25. The highest BCUT2D eigenvalue weighted by Gasteiger charge is 2.13. The van der Waals surface area contributed by atoms with Gasteiger partial charge in [-0.25, -0.2) is 0 Å². The van der Waals surface area contributed by atoms with Crippen LogP contribution in [0, 0.1) is 6.92 Å². The number of para-hydroxylation sites is 1. The maximum atomic E-state index is 11.9. The molecule has 0 aliphatic carbocycles. The van der Waals surface area contributed by atoms with Crippen molar-refractivity contribution in [3.05, 3.63) is 65.6 Å². The van der Waals surface area contributed by atoms with Crippen LogP contribution in [0.4, 0.5) is 0 Å². The number of carbonyl (C=O) groups excluding carboxylic acids is 1. The molecular weight excluding hydrogens is 262 g/mol. The van der Waals surface area contributed by atoms with Gasteiger partial charge in [0.2, 0.25) is 5.91 Å². The number of nitrogens with zero attached hydrogens (tertiary/aromatic N) is 1. The van der Waals surface area contributed by atoms with Crippen molar-refractivity contribution in [2.75, 3.05) is 0 Å². The number of aromatic nitrogens is 2. The Bertz CT molecular complexity index is 846. The first kappa shape index (κ1) is 13.1. The number of aromatic amines is 1. The molecule has 0 atom stereocenters. The molecule has 0 spiro atoms. The van der Waals surface area contributed by atoms with E-state index in [1.807, 2.05) is 43.5 Å². The smallest absolute Gasteiger partial charge is 0.249 e. The number of benzene rings is 1. The maximum Gasteiger partial charge on any atom is 0.249 e. The molecule has 0 unspecified atom stereocenters. The molecule has 2 aromatic heterocycles. The molecule has 0 radical (unpaired) electrons. The summed E-state index contributed by atoms with van der Waals surface area (Å²) in [6.45, 7) is 1.97. The van der Waals surface area contributed by atoms with Crippen LogP contribution < -0.4 is 5.73 Å². The second-order valence-electron chi connectivity index (χ2n) is 4.90. The lowest BCUT2D eigenvalue weighted by Crippen LogP contribution is -2.12. The first-order valence-corrected chi connectivity index (χ1v) is 6.65. The summed E-state index contributed by atoms with van der Waals surface area (Å²) >= 11 is 0. The number of amides is 1. The van der Waals surface area contributed by atoms with Crippen LogP contribution in [0.5, 0.6) is 0 Å². The topological polar surface area (TPSA) is 71.8 Å². The van der Waals surface area contributed by atoms with E-state index in [1.54, 1.807) is 18.5 Å². The fourth-order valence-electron chi connectivity index (χ4n) is 2.36. The number of H-pyrrole nitrogens is 1. The molecule has 0 aliphatic rings. The van der Waals surface area contributed by atoms with E-state index >= 15 is 0 Å². The van der Waals surface area contributed by atoms with Gasteiger partial charge in [0.15, 0.2) is 0 Å². The maximum absolute atomic E-state index is 11.9. The summed E-state index contributed by atoms with van der Waals surface area (Å²) in [6.07, 6.45) is 7.06. The van der Waals surface area contributed by atoms with Crippen molar-refractivity contribution in [1.29, 1.82) is 0 Å². The van der Waals surface area contributed by atoms with E-state index in [-0.39, 0.29) is 0 Å². The zero-order valence-electron chi connectivity index (χ0n) is 11.6. The van der Waals surface area contributed by atoms with Crippen molar-refractivity contribution in [1.82, 2.24) is 9.97 Å². The van der Waals surface area contributed by atoms with E-state index in [2.05, 4.69) is 9.97 Å². The van der Waals surface area contributed by atoms with Crippen molar-refractivity contribution in [3.63, 3.8) is 0 Å². The van der Waals surface area contributed by atoms with Gasteiger partial charge in [-0.05, 0) is 36.3 Å². The monoisotopic (exact) mass is 277 g/mol. The van der Waals surface area contributed by atoms with Crippen molar-refractivity contribution in [2.45, 2.75) is 6.92 Å². The predicted molar refractivity (Wildman–Crippen MR) is 84.3 cm³/mol. The fraction of sp³-hybridized carbons (Fsp3) is 0.0588. The number of primary amides is 1. The summed E-state index contributed by atoms with van der Waals surface area (Å²) < 4.78 is 0.